The minimum Gasteiger partial charge on any atom is -0.344 e. The lowest BCUT2D eigenvalue weighted by molar-refractivity contribution is 0.0344. The molecule has 0 aliphatic heterocycles. The maximum Gasteiger partial charge on any atom is 0.278 e. The molecule has 1 aromatic heterocycles. The van der Waals surface area contributed by atoms with Crippen LogP contribution >= 0.6 is 46.3 Å². The van der Waals surface area contributed by atoms with Crippen molar-refractivity contribution in [1.29, 1.82) is 0 Å². The third kappa shape index (κ3) is 4.96. The Morgan fingerprint density at radius 3 is 2.85 bits per heavy atom. The van der Waals surface area contributed by atoms with Crippen LogP contribution in [0.25, 0.3) is 0 Å². The minimum absolute atomic E-state index is 0. The van der Waals surface area contributed by atoms with Gasteiger partial charge in [0.2, 0.25) is 0 Å². The lowest BCUT2D eigenvalue weighted by atomic mass is 9.94. The van der Waals surface area contributed by atoms with Gasteiger partial charge in [-0.2, -0.15) is 0 Å². The number of nitrogens with two attached hydrogens (primary N) is 1. The van der Waals surface area contributed by atoms with E-state index in [1.807, 2.05) is 22.6 Å². The van der Waals surface area contributed by atoms with Gasteiger partial charge < -0.3 is 11.1 Å². The lowest BCUT2D eigenvalue weighted by Gasteiger charge is -2.13. The van der Waals surface area contributed by atoms with Gasteiger partial charge in [0, 0.05) is 16.5 Å². The second kappa shape index (κ2) is 9.78. The predicted octanol–water partition coefficient (Wildman–Crippen LogP) is 3.80. The van der Waals surface area contributed by atoms with Gasteiger partial charge in [0.25, 0.3) is 5.91 Å². The molecule has 1 amide bonds. The highest BCUT2D eigenvalue weighted by Crippen LogP contribution is 2.40. The average molecular weight is 526 g/mol. The van der Waals surface area contributed by atoms with Gasteiger partial charge in [-0.05, 0) is 59.2 Å². The van der Waals surface area contributed by atoms with Crippen LogP contribution in [0, 0.1) is 9.39 Å². The summed E-state index contributed by atoms with van der Waals surface area (Å²) in [5.74, 6) is -0.899. The number of hydrogen-bond acceptors (Lipinski definition) is 6. The quantitative estimate of drug-likeness (QED) is 0.303. The number of anilines is 2. The summed E-state index contributed by atoms with van der Waals surface area (Å²) in [6.07, 6.45) is 1.76. The summed E-state index contributed by atoms with van der Waals surface area (Å²) in [5.41, 5.74) is 8.95. The third-order valence-electron chi connectivity index (χ3n) is 3.88. The number of rotatable bonds is 6. The van der Waals surface area contributed by atoms with Crippen molar-refractivity contribution in [2.45, 2.75) is 19.3 Å². The zero-order chi connectivity index (χ0) is 18.7. The molecule has 0 unspecified atom stereocenters. The van der Waals surface area contributed by atoms with Crippen molar-refractivity contribution < 1.29 is 18.8 Å². The summed E-state index contributed by atoms with van der Waals surface area (Å²) < 4.78 is 15.0. The number of carbonyl (C=O) groups is 2. The number of amides is 1. The number of halogens is 3. The Morgan fingerprint density at radius 2 is 2.15 bits per heavy atom. The summed E-state index contributed by atoms with van der Waals surface area (Å²) in [4.78, 5) is 30.4. The summed E-state index contributed by atoms with van der Waals surface area (Å²) >= 11 is 3.20. The van der Waals surface area contributed by atoms with E-state index in [0.717, 1.165) is 3.57 Å². The number of Topliss-reactive ketones (excluding diaryl/α,β-unsaturated/α-hetero) is 1. The SMILES string of the molecule is Cl.NCCONC(=O)c1c(Nc2ccc(I)cc2F)sc2c1CCCC2=O. The van der Waals surface area contributed by atoms with Crippen LogP contribution in [0.3, 0.4) is 0 Å². The highest BCUT2D eigenvalue weighted by atomic mass is 127. The van der Waals surface area contributed by atoms with Crippen LogP contribution in [-0.4, -0.2) is 24.8 Å². The summed E-state index contributed by atoms with van der Waals surface area (Å²) in [5, 5.41) is 3.39. The van der Waals surface area contributed by atoms with Crippen LogP contribution in [-0.2, 0) is 11.3 Å². The Morgan fingerprint density at radius 1 is 1.37 bits per heavy atom. The molecule has 2 aromatic rings. The maximum absolute atomic E-state index is 14.2. The smallest absolute Gasteiger partial charge is 0.278 e. The Bertz CT molecular complexity index is 862. The van der Waals surface area contributed by atoms with Crippen LogP contribution in [0.15, 0.2) is 18.2 Å². The molecule has 1 aliphatic rings. The first-order valence-corrected chi connectivity index (χ1v) is 9.94. The van der Waals surface area contributed by atoms with Crippen molar-refractivity contribution in [3.63, 3.8) is 0 Å². The van der Waals surface area contributed by atoms with Crippen molar-refractivity contribution in [2.75, 3.05) is 18.5 Å². The summed E-state index contributed by atoms with van der Waals surface area (Å²) in [6, 6.07) is 4.75. The molecule has 1 heterocycles. The Labute approximate surface area is 179 Å². The van der Waals surface area contributed by atoms with Gasteiger partial charge in [0.1, 0.15) is 10.8 Å². The van der Waals surface area contributed by atoms with Crippen molar-refractivity contribution in [3.8, 4) is 0 Å². The molecule has 3 rings (SSSR count). The number of nitrogens with one attached hydrogen (secondary N) is 2. The lowest BCUT2D eigenvalue weighted by Crippen LogP contribution is -2.28. The number of ketones is 1. The zero-order valence-electron chi connectivity index (χ0n) is 14.1. The molecule has 0 bridgehead atoms. The summed E-state index contributed by atoms with van der Waals surface area (Å²) in [7, 11) is 0. The molecule has 10 heteroatoms. The molecule has 0 spiro atoms. The monoisotopic (exact) mass is 525 g/mol. The van der Waals surface area contributed by atoms with Crippen molar-refractivity contribution in [2.24, 2.45) is 5.73 Å². The van der Waals surface area contributed by atoms with Gasteiger partial charge >= 0.3 is 0 Å². The van der Waals surface area contributed by atoms with Gasteiger partial charge in [0.15, 0.2) is 5.78 Å². The van der Waals surface area contributed by atoms with Gasteiger partial charge in [-0.3, -0.25) is 14.4 Å². The van der Waals surface area contributed by atoms with E-state index < -0.39 is 11.7 Å². The van der Waals surface area contributed by atoms with Crippen LogP contribution in [0.2, 0.25) is 0 Å². The van der Waals surface area contributed by atoms with E-state index in [0.29, 0.717) is 40.3 Å². The molecular formula is C17H18ClFIN3O3S. The first-order chi connectivity index (χ1) is 12.5. The molecule has 0 saturated heterocycles. The van der Waals surface area contributed by atoms with Crippen LogP contribution < -0.4 is 16.5 Å². The molecule has 0 radical (unpaired) electrons. The van der Waals surface area contributed by atoms with Gasteiger partial charge in [-0.1, -0.05) is 0 Å². The molecule has 6 nitrogen and oxygen atoms in total. The van der Waals surface area contributed by atoms with Crippen molar-refractivity contribution >= 4 is 68.7 Å². The molecule has 1 aliphatic carbocycles. The number of thiophene rings is 1. The first-order valence-electron chi connectivity index (χ1n) is 8.04. The van der Waals surface area contributed by atoms with E-state index in [-0.39, 0.29) is 37.0 Å². The first kappa shape index (κ1) is 22.0. The summed E-state index contributed by atoms with van der Waals surface area (Å²) in [6.45, 7) is 0.436. The Hall–Kier alpha value is -1.27. The average Bonchev–Trinajstić information content (AvgIpc) is 2.97. The second-order valence-electron chi connectivity index (χ2n) is 5.71. The van der Waals surface area contributed by atoms with E-state index in [4.69, 9.17) is 10.6 Å². The molecule has 0 atom stereocenters. The van der Waals surface area contributed by atoms with Crippen LogP contribution in [0.1, 0.15) is 38.4 Å². The minimum atomic E-state index is -0.473. The third-order valence-corrected chi connectivity index (χ3v) is 5.74. The zero-order valence-corrected chi connectivity index (χ0v) is 17.9. The number of hydroxylamine groups is 1. The fraction of sp³-hybridized carbons (Fsp3) is 0.294. The molecule has 1 aromatic carbocycles. The highest BCUT2D eigenvalue weighted by molar-refractivity contribution is 14.1. The largest absolute Gasteiger partial charge is 0.344 e. The number of carbonyl (C=O) groups excluding carboxylic acids is 2. The van der Waals surface area contributed by atoms with Crippen LogP contribution in [0.4, 0.5) is 15.1 Å². The predicted molar refractivity (Wildman–Crippen MR) is 114 cm³/mol. The van der Waals surface area contributed by atoms with Crippen molar-refractivity contribution in [3.05, 3.63) is 43.6 Å². The topological polar surface area (TPSA) is 93.4 Å². The van der Waals surface area contributed by atoms with E-state index in [1.165, 1.54) is 17.4 Å². The Balaban J connectivity index is 0.00000261. The molecule has 4 N–H and O–H groups in total. The van der Waals surface area contributed by atoms with E-state index in [9.17, 15) is 14.0 Å². The fourth-order valence-electron chi connectivity index (χ4n) is 2.74. The highest BCUT2D eigenvalue weighted by Gasteiger charge is 2.30. The van der Waals surface area contributed by atoms with Gasteiger partial charge in [-0.25, -0.2) is 9.87 Å². The van der Waals surface area contributed by atoms with Crippen molar-refractivity contribution in [1.82, 2.24) is 5.48 Å². The van der Waals surface area contributed by atoms with Crippen LogP contribution in [0.5, 0.6) is 0 Å². The molecule has 0 fully saturated rings. The number of fused-ring (bicyclic) bond motifs is 1. The second-order valence-corrected chi connectivity index (χ2v) is 7.97. The molecule has 27 heavy (non-hydrogen) atoms. The van der Waals surface area contributed by atoms with E-state index >= 15 is 0 Å². The standard InChI is InChI=1S/C17H17FIN3O3S.ClH/c18-11-8-9(19)4-5-12(11)21-17-14(16(24)22-25-7-6-20)10-2-1-3-13(23)15(10)26-17;/h4-5,8,21H,1-3,6-7,20H2,(H,22,24);1H. The van der Waals surface area contributed by atoms with Gasteiger partial charge in [-0.15, -0.1) is 23.7 Å². The van der Waals surface area contributed by atoms with E-state index in [1.54, 1.807) is 12.1 Å². The molecular weight excluding hydrogens is 508 g/mol. The molecule has 146 valence electrons. The number of benzene rings is 1. The van der Waals surface area contributed by atoms with E-state index in [2.05, 4.69) is 10.8 Å². The number of hydrogen-bond donors (Lipinski definition) is 3. The maximum atomic E-state index is 14.2. The fourth-order valence-corrected chi connectivity index (χ4v) is 4.42. The Kier molecular flexibility index (Phi) is 7.98. The molecule has 0 saturated carbocycles. The van der Waals surface area contributed by atoms with Gasteiger partial charge in [0.05, 0.1) is 22.7 Å². The normalized spacial score (nSPS) is 12.9.